The Morgan fingerprint density at radius 1 is 1.33 bits per heavy atom. The zero-order valence-corrected chi connectivity index (χ0v) is 11.1. The molecule has 1 heterocycles. The standard InChI is InChI=1S/C15H20N2O/c1-11(2)17-10-15(3,18)13-7-6-12-5-4-8-16-14(12)9-13/h4-9,11,17-18H,10H2,1-3H3. The molecule has 1 atom stereocenters. The number of aromatic nitrogens is 1. The fourth-order valence-electron chi connectivity index (χ4n) is 1.91. The van der Waals surface area contributed by atoms with E-state index in [-0.39, 0.29) is 0 Å². The molecule has 1 aromatic heterocycles. The van der Waals surface area contributed by atoms with Gasteiger partial charge in [0.1, 0.15) is 0 Å². The molecule has 0 aliphatic heterocycles. The monoisotopic (exact) mass is 244 g/mol. The molecule has 0 spiro atoms. The first kappa shape index (κ1) is 13.0. The first-order valence-electron chi connectivity index (χ1n) is 6.30. The molecule has 0 aliphatic rings. The number of rotatable bonds is 4. The van der Waals surface area contributed by atoms with Crippen LogP contribution in [0.5, 0.6) is 0 Å². The lowest BCUT2D eigenvalue weighted by Crippen LogP contribution is -2.38. The van der Waals surface area contributed by atoms with Crippen molar-refractivity contribution in [1.29, 1.82) is 0 Å². The summed E-state index contributed by atoms with van der Waals surface area (Å²) in [6, 6.07) is 10.2. The zero-order valence-electron chi connectivity index (χ0n) is 11.1. The molecule has 2 N–H and O–H groups in total. The summed E-state index contributed by atoms with van der Waals surface area (Å²) in [4.78, 5) is 4.32. The molecule has 2 rings (SSSR count). The van der Waals surface area contributed by atoms with Crippen LogP contribution >= 0.6 is 0 Å². The number of nitrogens with one attached hydrogen (secondary N) is 1. The van der Waals surface area contributed by atoms with Crippen molar-refractivity contribution >= 4 is 10.9 Å². The topological polar surface area (TPSA) is 45.1 Å². The zero-order chi connectivity index (χ0) is 13.2. The number of hydrogen-bond donors (Lipinski definition) is 2. The Hall–Kier alpha value is -1.45. The van der Waals surface area contributed by atoms with Crippen molar-refractivity contribution < 1.29 is 5.11 Å². The van der Waals surface area contributed by atoms with Gasteiger partial charge in [0.25, 0.3) is 0 Å². The summed E-state index contributed by atoms with van der Waals surface area (Å²) in [6.45, 7) is 6.49. The van der Waals surface area contributed by atoms with E-state index >= 15 is 0 Å². The molecule has 1 unspecified atom stereocenters. The summed E-state index contributed by atoms with van der Waals surface area (Å²) < 4.78 is 0. The first-order chi connectivity index (χ1) is 8.49. The Balaban J connectivity index is 2.29. The van der Waals surface area contributed by atoms with E-state index in [0.717, 1.165) is 16.5 Å². The lowest BCUT2D eigenvalue weighted by molar-refractivity contribution is 0.0551. The fourth-order valence-corrected chi connectivity index (χ4v) is 1.91. The molecule has 2 aromatic rings. The molecule has 0 saturated heterocycles. The van der Waals surface area contributed by atoms with Gasteiger partial charge in [-0.2, -0.15) is 0 Å². The predicted molar refractivity (Wildman–Crippen MR) is 74.5 cm³/mol. The average molecular weight is 244 g/mol. The molecule has 0 radical (unpaired) electrons. The minimum absolute atomic E-state index is 0.357. The molecule has 0 aliphatic carbocycles. The molecule has 0 saturated carbocycles. The quantitative estimate of drug-likeness (QED) is 0.868. The predicted octanol–water partition coefficient (Wildman–Crippen LogP) is 2.44. The van der Waals surface area contributed by atoms with E-state index in [4.69, 9.17) is 0 Å². The molecule has 18 heavy (non-hydrogen) atoms. The highest BCUT2D eigenvalue weighted by Crippen LogP contribution is 2.23. The van der Waals surface area contributed by atoms with Crippen LogP contribution in [0, 0.1) is 0 Å². The van der Waals surface area contributed by atoms with Crippen LogP contribution in [-0.4, -0.2) is 22.7 Å². The van der Waals surface area contributed by atoms with Crippen molar-refractivity contribution in [3.8, 4) is 0 Å². The van der Waals surface area contributed by atoms with Gasteiger partial charge < -0.3 is 10.4 Å². The maximum Gasteiger partial charge on any atom is 0.0993 e. The fraction of sp³-hybridized carbons (Fsp3) is 0.400. The lowest BCUT2D eigenvalue weighted by Gasteiger charge is -2.25. The SMILES string of the molecule is CC(C)NCC(C)(O)c1ccc2cccnc2c1. The van der Waals surface area contributed by atoms with E-state index < -0.39 is 5.60 Å². The van der Waals surface area contributed by atoms with E-state index in [1.807, 2.05) is 37.3 Å². The smallest absolute Gasteiger partial charge is 0.0993 e. The highest BCUT2D eigenvalue weighted by Gasteiger charge is 2.23. The Labute approximate surface area is 108 Å². The number of benzene rings is 1. The van der Waals surface area contributed by atoms with E-state index in [9.17, 15) is 5.11 Å². The summed E-state index contributed by atoms with van der Waals surface area (Å²) in [6.07, 6.45) is 1.77. The van der Waals surface area contributed by atoms with Gasteiger partial charge in [-0.25, -0.2) is 0 Å². The van der Waals surface area contributed by atoms with Crippen molar-refractivity contribution in [3.63, 3.8) is 0 Å². The van der Waals surface area contributed by atoms with Gasteiger partial charge in [0, 0.05) is 24.2 Å². The highest BCUT2D eigenvalue weighted by molar-refractivity contribution is 5.79. The second kappa shape index (κ2) is 5.04. The Morgan fingerprint density at radius 2 is 2.11 bits per heavy atom. The Morgan fingerprint density at radius 3 is 2.83 bits per heavy atom. The summed E-state index contributed by atoms with van der Waals surface area (Å²) in [5.74, 6) is 0. The van der Waals surface area contributed by atoms with Crippen molar-refractivity contribution in [3.05, 3.63) is 42.1 Å². The van der Waals surface area contributed by atoms with Crippen LogP contribution in [0.1, 0.15) is 26.3 Å². The maximum absolute atomic E-state index is 10.5. The van der Waals surface area contributed by atoms with Crippen molar-refractivity contribution in [2.75, 3.05) is 6.54 Å². The van der Waals surface area contributed by atoms with Gasteiger partial charge in [0.15, 0.2) is 0 Å². The van der Waals surface area contributed by atoms with Gasteiger partial charge in [-0.3, -0.25) is 4.98 Å². The molecule has 1 aromatic carbocycles. The molecule has 0 amide bonds. The third-order valence-electron chi connectivity index (χ3n) is 3.08. The third-order valence-corrected chi connectivity index (χ3v) is 3.08. The normalized spacial score (nSPS) is 14.9. The summed E-state index contributed by atoms with van der Waals surface area (Å²) in [5.41, 5.74) is 0.928. The molecule has 3 heteroatoms. The molecule has 96 valence electrons. The highest BCUT2D eigenvalue weighted by atomic mass is 16.3. The minimum Gasteiger partial charge on any atom is -0.384 e. The summed E-state index contributed by atoms with van der Waals surface area (Å²) >= 11 is 0. The lowest BCUT2D eigenvalue weighted by atomic mass is 9.94. The van der Waals surface area contributed by atoms with Crippen LogP contribution in [0.15, 0.2) is 36.5 Å². The van der Waals surface area contributed by atoms with Gasteiger partial charge in [-0.05, 0) is 24.6 Å². The van der Waals surface area contributed by atoms with Gasteiger partial charge >= 0.3 is 0 Å². The molecule has 0 fully saturated rings. The van der Waals surface area contributed by atoms with Crippen LogP contribution in [0.25, 0.3) is 10.9 Å². The van der Waals surface area contributed by atoms with E-state index in [2.05, 4.69) is 24.1 Å². The molecule has 0 bridgehead atoms. The van der Waals surface area contributed by atoms with Crippen molar-refractivity contribution in [2.45, 2.75) is 32.4 Å². The van der Waals surface area contributed by atoms with Crippen LogP contribution < -0.4 is 5.32 Å². The Bertz CT molecular complexity index is 535. The number of pyridine rings is 1. The van der Waals surface area contributed by atoms with Crippen molar-refractivity contribution in [1.82, 2.24) is 10.3 Å². The molecule has 3 nitrogen and oxygen atoms in total. The average Bonchev–Trinajstić information content (AvgIpc) is 2.36. The van der Waals surface area contributed by atoms with Crippen LogP contribution in [-0.2, 0) is 5.60 Å². The largest absolute Gasteiger partial charge is 0.384 e. The summed E-state index contributed by atoms with van der Waals surface area (Å²) in [5, 5.41) is 14.9. The number of aliphatic hydroxyl groups is 1. The number of hydrogen-bond acceptors (Lipinski definition) is 3. The first-order valence-corrected chi connectivity index (χ1v) is 6.30. The second-order valence-electron chi connectivity index (χ2n) is 5.22. The van der Waals surface area contributed by atoms with Gasteiger partial charge in [-0.15, -0.1) is 0 Å². The second-order valence-corrected chi connectivity index (χ2v) is 5.22. The van der Waals surface area contributed by atoms with Crippen LogP contribution in [0.3, 0.4) is 0 Å². The maximum atomic E-state index is 10.5. The van der Waals surface area contributed by atoms with Crippen LogP contribution in [0.4, 0.5) is 0 Å². The van der Waals surface area contributed by atoms with E-state index in [1.165, 1.54) is 0 Å². The number of nitrogens with zero attached hydrogens (tertiary/aromatic N) is 1. The molecular weight excluding hydrogens is 224 g/mol. The molecular formula is C15H20N2O. The van der Waals surface area contributed by atoms with E-state index in [0.29, 0.717) is 12.6 Å². The van der Waals surface area contributed by atoms with Crippen molar-refractivity contribution in [2.24, 2.45) is 0 Å². The Kier molecular flexibility index (Phi) is 3.64. The van der Waals surface area contributed by atoms with Gasteiger partial charge in [-0.1, -0.05) is 32.0 Å². The van der Waals surface area contributed by atoms with E-state index in [1.54, 1.807) is 6.20 Å². The van der Waals surface area contributed by atoms with Gasteiger partial charge in [0.2, 0.25) is 0 Å². The van der Waals surface area contributed by atoms with Gasteiger partial charge in [0.05, 0.1) is 11.1 Å². The summed E-state index contributed by atoms with van der Waals surface area (Å²) in [7, 11) is 0. The number of fused-ring (bicyclic) bond motifs is 1. The van der Waals surface area contributed by atoms with Crippen LogP contribution in [0.2, 0.25) is 0 Å². The minimum atomic E-state index is -0.879. The third kappa shape index (κ3) is 2.86.